The molecule has 0 atom stereocenters. The van der Waals surface area contributed by atoms with Gasteiger partial charge < -0.3 is 4.42 Å². The predicted molar refractivity (Wildman–Crippen MR) is 91.9 cm³/mol. The van der Waals surface area contributed by atoms with Gasteiger partial charge in [-0.2, -0.15) is 0 Å². The number of thiazole rings is 1. The van der Waals surface area contributed by atoms with Gasteiger partial charge in [0, 0.05) is 16.0 Å². The number of halogens is 3. The van der Waals surface area contributed by atoms with E-state index in [2.05, 4.69) is 26.2 Å². The van der Waals surface area contributed by atoms with Crippen LogP contribution in [0.25, 0.3) is 11.3 Å². The van der Waals surface area contributed by atoms with Crippen LogP contribution in [0.1, 0.15) is 10.6 Å². The van der Waals surface area contributed by atoms with E-state index in [0.29, 0.717) is 25.5 Å². The molecule has 22 heavy (non-hydrogen) atoms. The van der Waals surface area contributed by atoms with Gasteiger partial charge >= 0.3 is 0 Å². The first kappa shape index (κ1) is 15.6. The summed E-state index contributed by atoms with van der Waals surface area (Å²) in [6.07, 6.45) is 0. The van der Waals surface area contributed by atoms with E-state index in [9.17, 15) is 4.79 Å². The molecule has 0 bridgehead atoms. The van der Waals surface area contributed by atoms with Crippen molar-refractivity contribution in [2.75, 3.05) is 5.32 Å². The van der Waals surface area contributed by atoms with Gasteiger partial charge in [0.05, 0.1) is 10.7 Å². The Labute approximate surface area is 148 Å². The fraction of sp³-hybridized carbons (Fsp3) is 0. The van der Waals surface area contributed by atoms with Crippen LogP contribution in [-0.2, 0) is 0 Å². The van der Waals surface area contributed by atoms with Crippen molar-refractivity contribution < 1.29 is 9.21 Å². The van der Waals surface area contributed by atoms with Crippen LogP contribution in [0.2, 0.25) is 10.0 Å². The van der Waals surface area contributed by atoms with E-state index in [1.165, 1.54) is 11.3 Å². The van der Waals surface area contributed by atoms with E-state index < -0.39 is 0 Å². The molecule has 0 fully saturated rings. The highest BCUT2D eigenvalue weighted by Crippen LogP contribution is 2.32. The minimum absolute atomic E-state index is 0.202. The molecule has 0 radical (unpaired) electrons. The van der Waals surface area contributed by atoms with Gasteiger partial charge in [-0.15, -0.1) is 11.3 Å². The molecule has 1 N–H and O–H groups in total. The first-order chi connectivity index (χ1) is 10.5. The van der Waals surface area contributed by atoms with Crippen molar-refractivity contribution in [1.29, 1.82) is 0 Å². The maximum atomic E-state index is 12.0. The summed E-state index contributed by atoms with van der Waals surface area (Å²) in [6.45, 7) is 0. The Morgan fingerprint density at radius 3 is 2.77 bits per heavy atom. The summed E-state index contributed by atoms with van der Waals surface area (Å²) in [6, 6.07) is 8.39. The lowest BCUT2D eigenvalue weighted by Gasteiger charge is -2.01. The Balaban J connectivity index is 1.80. The predicted octanol–water partition coefficient (Wildman–Crippen LogP) is 5.72. The van der Waals surface area contributed by atoms with Gasteiger partial charge in [0.2, 0.25) is 0 Å². The molecule has 0 saturated heterocycles. The van der Waals surface area contributed by atoms with Gasteiger partial charge in [-0.1, -0.05) is 23.2 Å². The average molecular weight is 418 g/mol. The zero-order valence-electron chi connectivity index (χ0n) is 10.8. The summed E-state index contributed by atoms with van der Waals surface area (Å²) >= 11 is 16.5. The van der Waals surface area contributed by atoms with Crippen LogP contribution in [0.5, 0.6) is 0 Å². The topological polar surface area (TPSA) is 55.1 Å². The summed E-state index contributed by atoms with van der Waals surface area (Å²) in [5.74, 6) is -0.165. The van der Waals surface area contributed by atoms with E-state index >= 15 is 0 Å². The van der Waals surface area contributed by atoms with Crippen molar-refractivity contribution in [2.45, 2.75) is 0 Å². The number of hydrogen-bond acceptors (Lipinski definition) is 4. The lowest BCUT2D eigenvalue weighted by Crippen LogP contribution is -2.10. The first-order valence-electron chi connectivity index (χ1n) is 6.00. The van der Waals surface area contributed by atoms with Crippen LogP contribution >= 0.6 is 50.5 Å². The Morgan fingerprint density at radius 1 is 1.27 bits per heavy atom. The van der Waals surface area contributed by atoms with E-state index in [1.54, 1.807) is 30.3 Å². The number of carbonyl (C=O) groups is 1. The van der Waals surface area contributed by atoms with Crippen LogP contribution in [0.4, 0.5) is 5.13 Å². The maximum absolute atomic E-state index is 12.0. The molecule has 112 valence electrons. The smallest absolute Gasteiger partial charge is 0.293 e. The maximum Gasteiger partial charge on any atom is 0.293 e. The average Bonchev–Trinajstić information content (AvgIpc) is 3.08. The van der Waals surface area contributed by atoms with Crippen LogP contribution in [0, 0.1) is 0 Å². The molecule has 0 aliphatic rings. The second kappa shape index (κ2) is 6.42. The summed E-state index contributed by atoms with van der Waals surface area (Å²) < 4.78 is 5.68. The molecular weight excluding hydrogens is 411 g/mol. The summed E-state index contributed by atoms with van der Waals surface area (Å²) in [5.41, 5.74) is 1.42. The van der Waals surface area contributed by atoms with Gasteiger partial charge in [-0.05, 0) is 46.3 Å². The number of nitrogens with one attached hydrogen (secondary N) is 1. The molecule has 8 heteroatoms. The normalized spacial score (nSPS) is 10.7. The Kier molecular flexibility index (Phi) is 4.54. The zero-order valence-corrected chi connectivity index (χ0v) is 14.7. The van der Waals surface area contributed by atoms with Crippen LogP contribution in [0.15, 0.2) is 44.8 Å². The highest BCUT2D eigenvalue weighted by atomic mass is 79.9. The van der Waals surface area contributed by atoms with Crippen molar-refractivity contribution in [3.8, 4) is 11.3 Å². The number of amides is 1. The minimum atomic E-state index is -0.367. The van der Waals surface area contributed by atoms with Gasteiger partial charge in [0.25, 0.3) is 5.91 Å². The zero-order chi connectivity index (χ0) is 15.7. The van der Waals surface area contributed by atoms with E-state index in [-0.39, 0.29) is 11.7 Å². The fourth-order valence-corrected chi connectivity index (χ4v) is 3.26. The third-order valence-electron chi connectivity index (χ3n) is 2.73. The summed E-state index contributed by atoms with van der Waals surface area (Å²) in [5, 5.41) is 6.00. The molecule has 0 unspecified atom stereocenters. The Morgan fingerprint density at radius 2 is 2.09 bits per heavy atom. The highest BCUT2D eigenvalue weighted by Gasteiger charge is 2.14. The molecule has 0 aliphatic heterocycles. The lowest BCUT2D eigenvalue weighted by atomic mass is 10.2. The summed E-state index contributed by atoms with van der Waals surface area (Å²) in [4.78, 5) is 16.3. The highest BCUT2D eigenvalue weighted by molar-refractivity contribution is 9.10. The Bertz CT molecular complexity index is 847. The first-order valence-corrected chi connectivity index (χ1v) is 8.43. The van der Waals surface area contributed by atoms with Crippen molar-refractivity contribution >= 4 is 61.5 Å². The van der Waals surface area contributed by atoms with Crippen LogP contribution in [0.3, 0.4) is 0 Å². The SMILES string of the molecule is O=C(Nc1nc(-c2ccc(Cl)cc2Cl)cs1)c1ccc(Br)o1. The van der Waals surface area contributed by atoms with Crippen molar-refractivity contribution in [3.63, 3.8) is 0 Å². The number of furan rings is 1. The van der Waals surface area contributed by atoms with Crippen molar-refractivity contribution in [2.24, 2.45) is 0 Å². The number of carbonyl (C=O) groups excluding carboxylic acids is 1. The minimum Gasteiger partial charge on any atom is -0.444 e. The quantitative estimate of drug-likeness (QED) is 0.592. The van der Waals surface area contributed by atoms with Gasteiger partial charge in [-0.3, -0.25) is 10.1 Å². The molecule has 4 nitrogen and oxygen atoms in total. The largest absolute Gasteiger partial charge is 0.444 e. The van der Waals surface area contributed by atoms with Gasteiger partial charge in [0.15, 0.2) is 15.6 Å². The lowest BCUT2D eigenvalue weighted by molar-refractivity contribution is 0.0995. The molecule has 0 aliphatic carbocycles. The number of rotatable bonds is 3. The number of benzene rings is 1. The van der Waals surface area contributed by atoms with E-state index in [0.717, 1.165) is 5.56 Å². The molecule has 3 rings (SSSR count). The molecule has 2 aromatic heterocycles. The number of hydrogen-bond donors (Lipinski definition) is 1. The molecule has 1 aromatic carbocycles. The standard InChI is InChI=1S/C14H7BrCl2N2O2S/c15-12-4-3-11(21-12)13(20)19-14-18-10(6-22-14)8-2-1-7(16)5-9(8)17/h1-6H,(H,18,19,20). The molecular formula is C14H7BrCl2N2O2S. The third-order valence-corrected chi connectivity index (χ3v) is 4.46. The number of aromatic nitrogens is 1. The number of nitrogens with zero attached hydrogens (tertiary/aromatic N) is 1. The molecule has 0 spiro atoms. The van der Waals surface area contributed by atoms with Gasteiger partial charge in [-0.25, -0.2) is 4.98 Å². The second-order valence-corrected chi connectivity index (χ2v) is 6.70. The van der Waals surface area contributed by atoms with E-state index in [4.69, 9.17) is 27.6 Å². The van der Waals surface area contributed by atoms with Crippen LogP contribution in [-0.4, -0.2) is 10.9 Å². The van der Waals surface area contributed by atoms with Gasteiger partial charge in [0.1, 0.15) is 0 Å². The molecule has 3 aromatic rings. The third kappa shape index (κ3) is 3.35. The molecule has 1 amide bonds. The molecule has 2 heterocycles. The Hall–Kier alpha value is -1.34. The number of anilines is 1. The van der Waals surface area contributed by atoms with Crippen LogP contribution < -0.4 is 5.32 Å². The molecule has 0 saturated carbocycles. The van der Waals surface area contributed by atoms with Crippen molar-refractivity contribution in [3.05, 3.63) is 56.2 Å². The summed E-state index contributed by atoms with van der Waals surface area (Å²) in [7, 11) is 0. The van der Waals surface area contributed by atoms with E-state index in [1.807, 2.05) is 5.38 Å². The second-order valence-electron chi connectivity index (χ2n) is 4.22. The monoisotopic (exact) mass is 416 g/mol. The van der Waals surface area contributed by atoms with Crippen molar-refractivity contribution in [1.82, 2.24) is 4.98 Å². The fourth-order valence-electron chi connectivity index (χ4n) is 1.75.